The van der Waals surface area contributed by atoms with Crippen molar-refractivity contribution in [1.29, 1.82) is 0 Å². The molecule has 1 N–H and O–H groups in total. The largest absolute Gasteiger partial charge is 0.451 e. The highest BCUT2D eigenvalue weighted by molar-refractivity contribution is 7.13. The zero-order chi connectivity index (χ0) is 17.2. The van der Waals surface area contributed by atoms with Crippen LogP contribution in [0, 0.1) is 0 Å². The molecule has 0 saturated carbocycles. The van der Waals surface area contributed by atoms with Gasteiger partial charge in [0.25, 0.3) is 11.4 Å². The van der Waals surface area contributed by atoms with Crippen molar-refractivity contribution in [2.45, 2.75) is 6.61 Å². The summed E-state index contributed by atoms with van der Waals surface area (Å²) < 4.78 is 10.2. The summed E-state index contributed by atoms with van der Waals surface area (Å²) in [5.41, 5.74) is -0.349. The van der Waals surface area contributed by atoms with E-state index in [0.717, 1.165) is 4.88 Å². The average molecular weight is 354 g/mol. The Balaban J connectivity index is 1.54. The number of aromatic amines is 1. The monoisotopic (exact) mass is 354 g/mol. The molecular formula is C16H10N4O4S. The maximum atomic E-state index is 12.3. The van der Waals surface area contributed by atoms with Gasteiger partial charge in [-0.1, -0.05) is 29.4 Å². The number of esters is 1. The van der Waals surface area contributed by atoms with Crippen LogP contribution in [0.1, 0.15) is 16.4 Å². The number of nitrogens with one attached hydrogen (secondary N) is 1. The lowest BCUT2D eigenvalue weighted by atomic mass is 10.1. The number of H-pyrrole nitrogens is 1. The van der Waals surface area contributed by atoms with Crippen LogP contribution in [0.2, 0.25) is 0 Å². The second-order valence-corrected chi connectivity index (χ2v) is 5.96. The first-order valence-corrected chi connectivity index (χ1v) is 8.11. The third kappa shape index (κ3) is 2.92. The van der Waals surface area contributed by atoms with Crippen molar-refractivity contribution in [2.75, 3.05) is 0 Å². The fourth-order valence-corrected chi connectivity index (χ4v) is 2.93. The third-order valence-electron chi connectivity index (χ3n) is 3.43. The average Bonchev–Trinajstić information content (AvgIpc) is 3.32. The summed E-state index contributed by atoms with van der Waals surface area (Å²) in [5, 5.41) is 12.6. The van der Waals surface area contributed by atoms with Crippen LogP contribution in [0.25, 0.3) is 21.5 Å². The van der Waals surface area contributed by atoms with Crippen molar-refractivity contribution < 1.29 is 14.1 Å². The Bertz CT molecular complexity index is 1100. The van der Waals surface area contributed by atoms with E-state index in [0.29, 0.717) is 16.6 Å². The molecule has 0 aliphatic rings. The normalized spacial score (nSPS) is 10.9. The zero-order valence-electron chi connectivity index (χ0n) is 12.6. The molecule has 0 spiro atoms. The number of ether oxygens (including phenoxy) is 1. The molecule has 0 amide bonds. The summed E-state index contributed by atoms with van der Waals surface area (Å²) >= 11 is 1.48. The van der Waals surface area contributed by atoms with Gasteiger partial charge in [0.2, 0.25) is 5.82 Å². The molecule has 0 bridgehead atoms. The maximum Gasteiger partial charge on any atom is 0.359 e. The highest BCUT2D eigenvalue weighted by Crippen LogP contribution is 2.21. The van der Waals surface area contributed by atoms with Gasteiger partial charge in [-0.2, -0.15) is 10.1 Å². The zero-order valence-corrected chi connectivity index (χ0v) is 13.4. The minimum Gasteiger partial charge on any atom is -0.451 e. The van der Waals surface area contributed by atoms with Crippen LogP contribution in [0.5, 0.6) is 0 Å². The quantitative estimate of drug-likeness (QED) is 0.560. The molecule has 25 heavy (non-hydrogen) atoms. The number of rotatable bonds is 4. The van der Waals surface area contributed by atoms with Crippen molar-refractivity contribution in [1.82, 2.24) is 20.3 Å². The Morgan fingerprint density at radius 1 is 1.20 bits per heavy atom. The van der Waals surface area contributed by atoms with E-state index in [1.165, 1.54) is 11.3 Å². The van der Waals surface area contributed by atoms with Crippen LogP contribution in [0.3, 0.4) is 0 Å². The van der Waals surface area contributed by atoms with Gasteiger partial charge < -0.3 is 9.26 Å². The van der Waals surface area contributed by atoms with Crippen LogP contribution < -0.4 is 5.56 Å². The van der Waals surface area contributed by atoms with Gasteiger partial charge in [-0.05, 0) is 17.5 Å². The number of carbonyl (C=O) groups excluding carboxylic acids is 1. The molecule has 0 aliphatic carbocycles. The number of nitrogens with zero attached hydrogens (tertiary/aromatic N) is 3. The number of hydrogen-bond acceptors (Lipinski definition) is 8. The summed E-state index contributed by atoms with van der Waals surface area (Å²) in [7, 11) is 0. The second kappa shape index (κ2) is 6.29. The lowest BCUT2D eigenvalue weighted by Gasteiger charge is -2.04. The van der Waals surface area contributed by atoms with Crippen molar-refractivity contribution in [3.05, 3.63) is 63.7 Å². The number of carbonyl (C=O) groups is 1. The van der Waals surface area contributed by atoms with Gasteiger partial charge >= 0.3 is 5.97 Å². The van der Waals surface area contributed by atoms with Crippen LogP contribution >= 0.6 is 11.3 Å². The predicted octanol–water partition coefficient (Wildman–Crippen LogP) is 2.39. The fraction of sp³-hybridized carbons (Fsp3) is 0.0625. The standard InChI is InChI=1S/C16H10N4O4S/c21-15-10-5-2-1-4-9(10)13(18-19-15)16(22)23-8-12-17-14(20-24-12)11-6-3-7-25-11/h1-7H,8H2,(H,19,21). The molecule has 0 fully saturated rings. The molecule has 124 valence electrons. The highest BCUT2D eigenvalue weighted by Gasteiger charge is 2.17. The van der Waals surface area contributed by atoms with Gasteiger partial charge in [0.15, 0.2) is 12.3 Å². The summed E-state index contributed by atoms with van der Waals surface area (Å²) in [5.74, 6) is -0.0810. The molecule has 9 heteroatoms. The van der Waals surface area contributed by atoms with Crippen molar-refractivity contribution in [3.8, 4) is 10.7 Å². The van der Waals surface area contributed by atoms with Crippen molar-refractivity contribution in [3.63, 3.8) is 0 Å². The van der Waals surface area contributed by atoms with E-state index in [1.54, 1.807) is 24.3 Å². The van der Waals surface area contributed by atoms with E-state index in [2.05, 4.69) is 20.3 Å². The molecule has 4 aromatic rings. The minimum absolute atomic E-state index is 0.0215. The van der Waals surface area contributed by atoms with Crippen molar-refractivity contribution in [2.24, 2.45) is 0 Å². The van der Waals surface area contributed by atoms with Gasteiger partial charge in [0, 0.05) is 5.39 Å². The molecule has 0 radical (unpaired) electrons. The number of hydrogen-bond donors (Lipinski definition) is 1. The number of benzene rings is 1. The topological polar surface area (TPSA) is 111 Å². The second-order valence-electron chi connectivity index (χ2n) is 5.01. The molecule has 1 aromatic carbocycles. The Morgan fingerprint density at radius 2 is 2.04 bits per heavy atom. The Kier molecular flexibility index (Phi) is 3.82. The number of thiophene rings is 1. The van der Waals surface area contributed by atoms with Gasteiger partial charge in [0.05, 0.1) is 10.3 Å². The number of aromatic nitrogens is 4. The minimum atomic E-state index is -0.691. The van der Waals surface area contributed by atoms with Gasteiger partial charge in [-0.25, -0.2) is 9.89 Å². The molecule has 3 aromatic heterocycles. The van der Waals surface area contributed by atoms with Gasteiger partial charge in [-0.15, -0.1) is 11.3 Å². The number of fused-ring (bicyclic) bond motifs is 1. The molecule has 0 aliphatic heterocycles. The fourth-order valence-electron chi connectivity index (χ4n) is 2.29. The summed E-state index contributed by atoms with van der Waals surface area (Å²) in [6, 6.07) is 10.4. The first-order chi connectivity index (χ1) is 12.2. The van der Waals surface area contributed by atoms with Crippen molar-refractivity contribution >= 4 is 28.1 Å². The first-order valence-electron chi connectivity index (χ1n) is 7.23. The van der Waals surface area contributed by atoms with E-state index in [1.807, 2.05) is 17.5 Å². The van der Waals surface area contributed by atoms with Crippen LogP contribution in [-0.4, -0.2) is 26.3 Å². The lowest BCUT2D eigenvalue weighted by molar-refractivity contribution is 0.0424. The molecule has 4 rings (SSSR count). The van der Waals surface area contributed by atoms with Gasteiger partial charge in [0.1, 0.15) is 0 Å². The van der Waals surface area contributed by atoms with Crippen LogP contribution in [0.4, 0.5) is 0 Å². The van der Waals surface area contributed by atoms with Crippen LogP contribution in [-0.2, 0) is 11.3 Å². The Morgan fingerprint density at radius 3 is 2.84 bits per heavy atom. The molecule has 8 nitrogen and oxygen atoms in total. The summed E-state index contributed by atoms with van der Waals surface area (Å²) in [6.45, 7) is -0.188. The van der Waals surface area contributed by atoms with E-state index in [9.17, 15) is 9.59 Å². The Hall–Kier alpha value is -3.33. The summed E-state index contributed by atoms with van der Waals surface area (Å²) in [4.78, 5) is 29.1. The van der Waals surface area contributed by atoms with Gasteiger partial charge in [-0.3, -0.25) is 4.79 Å². The van der Waals surface area contributed by atoms with E-state index in [-0.39, 0.29) is 23.8 Å². The molecule has 3 heterocycles. The summed E-state index contributed by atoms with van der Waals surface area (Å²) in [6.07, 6.45) is 0. The molecule has 0 saturated heterocycles. The maximum absolute atomic E-state index is 12.3. The van der Waals surface area contributed by atoms with E-state index < -0.39 is 5.97 Å². The molecule has 0 unspecified atom stereocenters. The first kappa shape index (κ1) is 15.2. The SMILES string of the molecule is O=C(OCc1nc(-c2cccs2)no1)c1n[nH]c(=O)c2ccccc12. The predicted molar refractivity (Wildman–Crippen MR) is 89.1 cm³/mol. The third-order valence-corrected chi connectivity index (χ3v) is 4.29. The molecule has 0 atom stereocenters. The lowest BCUT2D eigenvalue weighted by Crippen LogP contribution is -2.16. The smallest absolute Gasteiger partial charge is 0.359 e. The highest BCUT2D eigenvalue weighted by atomic mass is 32.1. The van der Waals surface area contributed by atoms with E-state index >= 15 is 0 Å². The molecular weight excluding hydrogens is 344 g/mol. The Labute approximate surface area is 144 Å². The van der Waals surface area contributed by atoms with E-state index in [4.69, 9.17) is 9.26 Å². The van der Waals surface area contributed by atoms with Crippen LogP contribution in [0.15, 0.2) is 51.1 Å².